The van der Waals surface area contributed by atoms with Crippen LogP contribution in [0.4, 0.5) is 5.69 Å². The van der Waals surface area contributed by atoms with Crippen molar-refractivity contribution in [2.75, 3.05) is 5.43 Å². The van der Waals surface area contributed by atoms with E-state index in [1.54, 1.807) is 0 Å². The fourth-order valence-corrected chi connectivity index (χ4v) is 1.24. The first-order valence-corrected chi connectivity index (χ1v) is 5.02. The van der Waals surface area contributed by atoms with Crippen LogP contribution in [0.5, 0.6) is 0 Å². The van der Waals surface area contributed by atoms with Gasteiger partial charge in [-0.3, -0.25) is 10.2 Å². The highest BCUT2D eigenvalue weighted by atomic mass is 16.1. The Bertz CT molecular complexity index is 518. The van der Waals surface area contributed by atoms with Crippen molar-refractivity contribution in [3.63, 3.8) is 0 Å². The number of nitrogens with zero attached hydrogens (tertiary/aromatic N) is 4. The summed E-state index contributed by atoms with van der Waals surface area (Å²) < 4.78 is 1.32. The second-order valence-corrected chi connectivity index (χ2v) is 3.31. The van der Waals surface area contributed by atoms with Crippen molar-refractivity contribution in [2.24, 2.45) is 5.10 Å². The molecule has 0 radical (unpaired) electrons. The van der Waals surface area contributed by atoms with Gasteiger partial charge in [0.05, 0.1) is 5.69 Å². The third-order valence-corrected chi connectivity index (χ3v) is 2.02. The molecule has 0 amide bonds. The van der Waals surface area contributed by atoms with Gasteiger partial charge in [0.1, 0.15) is 12.7 Å². The van der Waals surface area contributed by atoms with Crippen molar-refractivity contribution in [2.45, 2.75) is 6.92 Å². The highest BCUT2D eigenvalue weighted by molar-refractivity contribution is 6.38. The van der Waals surface area contributed by atoms with Gasteiger partial charge in [-0.2, -0.15) is 14.9 Å². The highest BCUT2D eigenvalue weighted by Crippen LogP contribution is 2.04. The number of Topliss-reactive ketones (excluding diaryl/α,β-unsaturated/α-hetero) is 1. The number of ketones is 1. The molecule has 0 aliphatic heterocycles. The van der Waals surface area contributed by atoms with E-state index >= 15 is 0 Å². The van der Waals surface area contributed by atoms with E-state index in [2.05, 4.69) is 20.6 Å². The number of hydrazone groups is 1. The van der Waals surface area contributed by atoms with Crippen molar-refractivity contribution >= 4 is 17.3 Å². The lowest BCUT2D eigenvalue weighted by molar-refractivity contribution is -0.111. The Labute approximate surface area is 98.0 Å². The molecule has 1 N–H and O–H groups in total. The Hall–Kier alpha value is -2.50. The zero-order valence-corrected chi connectivity index (χ0v) is 9.24. The van der Waals surface area contributed by atoms with E-state index in [0.29, 0.717) is 0 Å². The molecule has 0 spiro atoms. The van der Waals surface area contributed by atoms with Gasteiger partial charge in [0.2, 0.25) is 5.84 Å². The minimum absolute atomic E-state index is 0.186. The van der Waals surface area contributed by atoms with E-state index in [0.717, 1.165) is 5.69 Å². The van der Waals surface area contributed by atoms with E-state index in [-0.39, 0.29) is 11.6 Å². The third-order valence-electron chi connectivity index (χ3n) is 2.02. The lowest BCUT2D eigenvalue weighted by Crippen LogP contribution is -2.22. The number of para-hydroxylation sites is 1. The summed E-state index contributed by atoms with van der Waals surface area (Å²) in [4.78, 5) is 15.2. The quantitative estimate of drug-likeness (QED) is 0.486. The van der Waals surface area contributed by atoms with Crippen LogP contribution in [0.25, 0.3) is 0 Å². The lowest BCUT2D eigenvalue weighted by atomic mass is 10.3. The second-order valence-electron chi connectivity index (χ2n) is 3.31. The second kappa shape index (κ2) is 5.02. The molecule has 6 heteroatoms. The van der Waals surface area contributed by atoms with Crippen LogP contribution in [-0.4, -0.2) is 26.4 Å². The van der Waals surface area contributed by atoms with E-state index in [9.17, 15) is 4.79 Å². The maximum atomic E-state index is 11.4. The van der Waals surface area contributed by atoms with Crippen LogP contribution in [0.2, 0.25) is 0 Å². The number of aromatic nitrogens is 3. The van der Waals surface area contributed by atoms with Gasteiger partial charge in [0.15, 0.2) is 5.78 Å². The molecule has 2 aromatic rings. The summed E-state index contributed by atoms with van der Waals surface area (Å²) in [5.74, 6) is -0.00900. The van der Waals surface area contributed by atoms with Crippen molar-refractivity contribution < 1.29 is 4.79 Å². The first-order chi connectivity index (χ1) is 8.27. The molecule has 6 nitrogen and oxygen atoms in total. The SMILES string of the molecule is CC(=O)/C(=N/Nc1ccccc1)n1cncn1. The molecule has 0 saturated carbocycles. The van der Waals surface area contributed by atoms with E-state index in [1.165, 1.54) is 24.3 Å². The molecule has 1 aromatic heterocycles. The standard InChI is InChI=1S/C11H11N5O/c1-9(17)11(16-8-12-7-13-16)15-14-10-5-3-2-4-6-10/h2-8,14H,1H3/b15-11-. The normalized spacial score (nSPS) is 11.2. The lowest BCUT2D eigenvalue weighted by Gasteiger charge is -2.03. The molecule has 86 valence electrons. The third kappa shape index (κ3) is 2.75. The monoisotopic (exact) mass is 229 g/mol. The van der Waals surface area contributed by atoms with Gasteiger partial charge in [-0.1, -0.05) is 18.2 Å². The topological polar surface area (TPSA) is 72.2 Å². The number of hydrogen-bond acceptors (Lipinski definition) is 5. The van der Waals surface area contributed by atoms with Crippen molar-refractivity contribution in [1.29, 1.82) is 0 Å². The molecule has 17 heavy (non-hydrogen) atoms. The van der Waals surface area contributed by atoms with Crippen LogP contribution in [0, 0.1) is 0 Å². The summed E-state index contributed by atoms with van der Waals surface area (Å²) in [7, 11) is 0. The van der Waals surface area contributed by atoms with Gasteiger partial charge in [0, 0.05) is 6.92 Å². The summed E-state index contributed by atoms with van der Waals surface area (Å²) in [6, 6.07) is 9.35. The molecule has 0 aliphatic carbocycles. The maximum Gasteiger partial charge on any atom is 0.217 e. The number of benzene rings is 1. The van der Waals surface area contributed by atoms with E-state index in [1.807, 2.05) is 30.3 Å². The van der Waals surface area contributed by atoms with Gasteiger partial charge < -0.3 is 0 Å². The van der Waals surface area contributed by atoms with Crippen LogP contribution in [-0.2, 0) is 4.79 Å². The van der Waals surface area contributed by atoms with Crippen LogP contribution in [0.15, 0.2) is 48.1 Å². The van der Waals surface area contributed by atoms with Gasteiger partial charge in [-0.15, -0.1) is 0 Å². The predicted octanol–water partition coefficient (Wildman–Crippen LogP) is 1.14. The summed E-state index contributed by atoms with van der Waals surface area (Å²) in [5, 5.41) is 7.88. The number of nitrogens with one attached hydrogen (secondary N) is 1. The Balaban J connectivity index is 2.21. The smallest absolute Gasteiger partial charge is 0.217 e. The average molecular weight is 229 g/mol. The Morgan fingerprint density at radius 1 is 1.35 bits per heavy atom. The molecule has 0 unspecified atom stereocenters. The molecule has 0 aliphatic rings. The zero-order chi connectivity index (χ0) is 12.1. The highest BCUT2D eigenvalue weighted by Gasteiger charge is 2.09. The molecular weight excluding hydrogens is 218 g/mol. The van der Waals surface area contributed by atoms with Gasteiger partial charge in [0.25, 0.3) is 0 Å². The molecule has 0 fully saturated rings. The minimum atomic E-state index is -0.195. The van der Waals surface area contributed by atoms with E-state index in [4.69, 9.17) is 0 Å². The molecule has 1 heterocycles. The van der Waals surface area contributed by atoms with Crippen molar-refractivity contribution in [3.05, 3.63) is 43.0 Å². The Morgan fingerprint density at radius 2 is 2.12 bits per heavy atom. The van der Waals surface area contributed by atoms with E-state index < -0.39 is 0 Å². The maximum absolute atomic E-state index is 11.4. The summed E-state index contributed by atoms with van der Waals surface area (Å²) in [6.07, 6.45) is 2.77. The zero-order valence-electron chi connectivity index (χ0n) is 9.24. The van der Waals surface area contributed by atoms with Crippen LogP contribution in [0.1, 0.15) is 6.92 Å². The summed E-state index contributed by atoms with van der Waals surface area (Å²) in [5.41, 5.74) is 3.59. The molecule has 0 saturated heterocycles. The number of anilines is 1. The number of rotatable bonds is 3. The first-order valence-electron chi connectivity index (χ1n) is 5.02. The van der Waals surface area contributed by atoms with Crippen molar-refractivity contribution in [3.8, 4) is 0 Å². The molecule has 2 rings (SSSR count). The first kappa shape index (κ1) is 11.0. The Morgan fingerprint density at radius 3 is 2.71 bits per heavy atom. The van der Waals surface area contributed by atoms with Crippen molar-refractivity contribution in [1.82, 2.24) is 14.8 Å². The van der Waals surface area contributed by atoms with Gasteiger partial charge in [-0.05, 0) is 12.1 Å². The number of carbonyl (C=O) groups excluding carboxylic acids is 1. The largest absolute Gasteiger partial charge is 0.291 e. The fourth-order valence-electron chi connectivity index (χ4n) is 1.24. The van der Waals surface area contributed by atoms with Crippen LogP contribution >= 0.6 is 0 Å². The molecule has 1 aromatic carbocycles. The van der Waals surface area contributed by atoms with Crippen LogP contribution in [0.3, 0.4) is 0 Å². The summed E-state index contributed by atoms with van der Waals surface area (Å²) >= 11 is 0. The average Bonchev–Trinajstić information content (AvgIpc) is 2.84. The number of hydrogen-bond donors (Lipinski definition) is 1. The Kier molecular flexibility index (Phi) is 3.25. The molecule has 0 atom stereocenters. The number of carbonyl (C=O) groups is 1. The van der Waals surface area contributed by atoms with Gasteiger partial charge in [-0.25, -0.2) is 4.98 Å². The van der Waals surface area contributed by atoms with Crippen LogP contribution < -0.4 is 5.43 Å². The minimum Gasteiger partial charge on any atom is -0.291 e. The fraction of sp³-hybridized carbons (Fsp3) is 0.0909. The summed E-state index contributed by atoms with van der Waals surface area (Å²) in [6.45, 7) is 1.42. The molecular formula is C11H11N5O. The predicted molar refractivity (Wildman–Crippen MR) is 63.6 cm³/mol. The van der Waals surface area contributed by atoms with Gasteiger partial charge >= 0.3 is 0 Å². The molecule has 0 bridgehead atoms.